The Bertz CT molecular complexity index is 582. The highest BCUT2D eigenvalue weighted by Gasteiger charge is 2.30. The van der Waals surface area contributed by atoms with E-state index in [1.165, 1.54) is 18.2 Å². The second-order valence-electron chi connectivity index (χ2n) is 4.93. The second kappa shape index (κ2) is 8.95. The Labute approximate surface area is 137 Å². The molecule has 0 aliphatic carbocycles. The van der Waals surface area contributed by atoms with Crippen molar-refractivity contribution in [2.24, 2.45) is 0 Å². The molecule has 8 heteroatoms. The van der Waals surface area contributed by atoms with Crippen LogP contribution in [0.4, 0.5) is 13.2 Å². The third-order valence-electron chi connectivity index (χ3n) is 2.89. The number of rotatable bonds is 7. The van der Waals surface area contributed by atoms with Crippen LogP contribution in [0.2, 0.25) is 0 Å². The molecular formula is C16H18F3NO4. The van der Waals surface area contributed by atoms with Crippen molar-refractivity contribution >= 4 is 18.0 Å². The summed E-state index contributed by atoms with van der Waals surface area (Å²) in [5.74, 6) is -1.49. The summed E-state index contributed by atoms with van der Waals surface area (Å²) in [6.45, 7) is 3.34. The predicted octanol–water partition coefficient (Wildman–Crippen LogP) is 3.06. The molecule has 0 bridgehead atoms. The largest absolute Gasteiger partial charge is 0.573 e. The summed E-state index contributed by atoms with van der Waals surface area (Å²) in [7, 11) is 0. The highest BCUT2D eigenvalue weighted by atomic mass is 19.4. The van der Waals surface area contributed by atoms with Crippen LogP contribution in [0.5, 0.6) is 5.75 Å². The quantitative estimate of drug-likeness (QED) is 0.609. The molecule has 1 amide bonds. The standard InChI is InChI=1S/C16H18F3NO4/c1-3-11(2)20-14(21)10-23-15(22)9-6-12-4-7-13(8-5-12)24-16(17,18)19/h4-9,11H,3,10H2,1-2H3,(H,20,21)/b9-6+. The molecule has 1 unspecified atom stereocenters. The lowest BCUT2D eigenvalue weighted by Crippen LogP contribution is -2.35. The highest BCUT2D eigenvalue weighted by Crippen LogP contribution is 2.22. The summed E-state index contributed by atoms with van der Waals surface area (Å²) in [6.07, 6.45) is -1.56. The molecule has 0 saturated heterocycles. The summed E-state index contributed by atoms with van der Waals surface area (Å²) in [4.78, 5) is 22.9. The molecule has 1 aromatic rings. The first kappa shape index (κ1) is 19.5. The van der Waals surface area contributed by atoms with Crippen molar-refractivity contribution < 1.29 is 32.2 Å². The van der Waals surface area contributed by atoms with Crippen LogP contribution < -0.4 is 10.1 Å². The number of amides is 1. The molecule has 5 nitrogen and oxygen atoms in total. The number of hydrogen-bond acceptors (Lipinski definition) is 4. The van der Waals surface area contributed by atoms with E-state index in [0.717, 1.165) is 24.6 Å². The van der Waals surface area contributed by atoms with Crippen LogP contribution in [0.25, 0.3) is 6.08 Å². The molecule has 0 aromatic heterocycles. The van der Waals surface area contributed by atoms with E-state index in [4.69, 9.17) is 4.74 Å². The van der Waals surface area contributed by atoms with Crippen LogP contribution in [0.1, 0.15) is 25.8 Å². The van der Waals surface area contributed by atoms with Crippen molar-refractivity contribution in [2.45, 2.75) is 32.7 Å². The van der Waals surface area contributed by atoms with Crippen LogP contribution in [-0.2, 0) is 14.3 Å². The van der Waals surface area contributed by atoms with E-state index >= 15 is 0 Å². The zero-order chi connectivity index (χ0) is 18.2. The van der Waals surface area contributed by atoms with E-state index in [1.54, 1.807) is 0 Å². The van der Waals surface area contributed by atoms with Gasteiger partial charge in [-0.2, -0.15) is 0 Å². The summed E-state index contributed by atoms with van der Waals surface area (Å²) in [6, 6.07) is 4.93. The maximum absolute atomic E-state index is 12.0. The van der Waals surface area contributed by atoms with E-state index in [2.05, 4.69) is 10.1 Å². The summed E-state index contributed by atoms with van der Waals surface area (Å²) < 4.78 is 44.5. The summed E-state index contributed by atoms with van der Waals surface area (Å²) in [5.41, 5.74) is 0.477. The van der Waals surface area contributed by atoms with Gasteiger partial charge in [-0.3, -0.25) is 4.79 Å². The van der Waals surface area contributed by atoms with Gasteiger partial charge in [0.1, 0.15) is 5.75 Å². The van der Waals surface area contributed by atoms with Crippen LogP contribution in [0.3, 0.4) is 0 Å². The van der Waals surface area contributed by atoms with Gasteiger partial charge in [0.2, 0.25) is 0 Å². The van der Waals surface area contributed by atoms with E-state index in [-0.39, 0.29) is 11.8 Å². The minimum absolute atomic E-state index is 0.0100. The zero-order valence-corrected chi connectivity index (χ0v) is 13.2. The molecule has 0 aliphatic heterocycles. The SMILES string of the molecule is CCC(C)NC(=O)COC(=O)/C=C/c1ccc(OC(F)(F)F)cc1. The predicted molar refractivity (Wildman–Crippen MR) is 81.0 cm³/mol. The molecule has 0 heterocycles. The van der Waals surface area contributed by atoms with Gasteiger partial charge in [-0.15, -0.1) is 13.2 Å². The maximum Gasteiger partial charge on any atom is 0.573 e. The Morgan fingerprint density at radius 3 is 2.42 bits per heavy atom. The molecule has 1 atom stereocenters. The Hall–Kier alpha value is -2.51. The minimum atomic E-state index is -4.75. The van der Waals surface area contributed by atoms with Crippen molar-refractivity contribution in [3.8, 4) is 5.75 Å². The van der Waals surface area contributed by atoms with Gasteiger partial charge in [-0.25, -0.2) is 4.79 Å². The lowest BCUT2D eigenvalue weighted by atomic mass is 10.2. The highest BCUT2D eigenvalue weighted by molar-refractivity contribution is 5.89. The number of halogens is 3. The number of alkyl halides is 3. The Morgan fingerprint density at radius 2 is 1.88 bits per heavy atom. The molecule has 0 saturated carbocycles. The molecule has 0 radical (unpaired) electrons. The lowest BCUT2D eigenvalue weighted by Gasteiger charge is -2.10. The Balaban J connectivity index is 2.45. The molecule has 0 aliphatic rings. The first-order chi connectivity index (χ1) is 11.2. The van der Waals surface area contributed by atoms with E-state index < -0.39 is 24.8 Å². The lowest BCUT2D eigenvalue weighted by molar-refractivity contribution is -0.274. The third kappa shape index (κ3) is 8.21. The van der Waals surface area contributed by atoms with Crippen LogP contribution >= 0.6 is 0 Å². The van der Waals surface area contributed by atoms with Crippen LogP contribution in [-0.4, -0.2) is 30.9 Å². The van der Waals surface area contributed by atoms with Crippen molar-refractivity contribution in [2.75, 3.05) is 6.61 Å². The van der Waals surface area contributed by atoms with Gasteiger partial charge in [0.15, 0.2) is 6.61 Å². The fourth-order valence-corrected chi connectivity index (χ4v) is 1.55. The van der Waals surface area contributed by atoms with Gasteiger partial charge in [0.05, 0.1) is 0 Å². The molecule has 1 N–H and O–H groups in total. The molecule has 1 aromatic carbocycles. The second-order valence-corrected chi connectivity index (χ2v) is 4.93. The van der Waals surface area contributed by atoms with Gasteiger partial charge in [-0.05, 0) is 37.1 Å². The van der Waals surface area contributed by atoms with Crippen molar-refractivity contribution in [1.29, 1.82) is 0 Å². The monoisotopic (exact) mass is 345 g/mol. The molecule has 24 heavy (non-hydrogen) atoms. The number of carbonyl (C=O) groups excluding carboxylic acids is 2. The fourth-order valence-electron chi connectivity index (χ4n) is 1.55. The number of carbonyl (C=O) groups is 2. The smallest absolute Gasteiger partial charge is 0.452 e. The van der Waals surface area contributed by atoms with Gasteiger partial charge in [0, 0.05) is 12.1 Å². The van der Waals surface area contributed by atoms with E-state index in [0.29, 0.717) is 5.56 Å². The molecule has 1 rings (SSSR count). The number of nitrogens with one attached hydrogen (secondary N) is 1. The average Bonchev–Trinajstić information content (AvgIpc) is 2.50. The van der Waals surface area contributed by atoms with Crippen LogP contribution in [0.15, 0.2) is 30.3 Å². The average molecular weight is 345 g/mol. The minimum Gasteiger partial charge on any atom is -0.452 e. The van der Waals surface area contributed by atoms with Crippen molar-refractivity contribution in [1.82, 2.24) is 5.32 Å². The molecular weight excluding hydrogens is 327 g/mol. The summed E-state index contributed by atoms with van der Waals surface area (Å²) >= 11 is 0. The normalized spacial score (nSPS) is 12.7. The van der Waals surface area contributed by atoms with Crippen LogP contribution in [0, 0.1) is 0 Å². The van der Waals surface area contributed by atoms with E-state index in [1.807, 2.05) is 13.8 Å². The Kier molecular flexibility index (Phi) is 7.29. The number of benzene rings is 1. The summed E-state index contributed by atoms with van der Waals surface area (Å²) in [5, 5.41) is 2.64. The van der Waals surface area contributed by atoms with Crippen molar-refractivity contribution in [3.05, 3.63) is 35.9 Å². The van der Waals surface area contributed by atoms with Crippen molar-refractivity contribution in [3.63, 3.8) is 0 Å². The first-order valence-electron chi connectivity index (χ1n) is 7.19. The van der Waals surface area contributed by atoms with Gasteiger partial charge in [-0.1, -0.05) is 19.1 Å². The zero-order valence-electron chi connectivity index (χ0n) is 13.2. The molecule has 0 spiro atoms. The van der Waals surface area contributed by atoms with Gasteiger partial charge >= 0.3 is 12.3 Å². The fraction of sp³-hybridized carbons (Fsp3) is 0.375. The molecule has 0 fully saturated rings. The third-order valence-corrected chi connectivity index (χ3v) is 2.89. The van der Waals surface area contributed by atoms with Gasteiger partial charge in [0.25, 0.3) is 5.91 Å². The topological polar surface area (TPSA) is 64.6 Å². The molecule has 132 valence electrons. The maximum atomic E-state index is 12.0. The first-order valence-corrected chi connectivity index (χ1v) is 7.19. The van der Waals surface area contributed by atoms with Gasteiger partial charge < -0.3 is 14.8 Å². The van der Waals surface area contributed by atoms with E-state index in [9.17, 15) is 22.8 Å². The Morgan fingerprint density at radius 1 is 1.25 bits per heavy atom. The number of hydrogen-bond donors (Lipinski definition) is 1. The number of ether oxygens (including phenoxy) is 2. The number of esters is 1.